The molecule has 7 nitrogen and oxygen atoms in total. The van der Waals surface area contributed by atoms with Gasteiger partial charge in [0.2, 0.25) is 5.89 Å². The number of aryl methyl sites for hydroxylation is 1. The Morgan fingerprint density at radius 3 is 2.50 bits per heavy atom. The summed E-state index contributed by atoms with van der Waals surface area (Å²) in [5.41, 5.74) is 1.06. The maximum absolute atomic E-state index is 13.1. The Balaban J connectivity index is 0.00000320. The average molecular weight is 530 g/mol. The lowest BCUT2D eigenvalue weighted by atomic mass is 10.2. The highest BCUT2D eigenvalue weighted by Crippen LogP contribution is 2.17. The monoisotopic (exact) mass is 530 g/mol. The fourth-order valence-corrected chi connectivity index (χ4v) is 3.27. The summed E-state index contributed by atoms with van der Waals surface area (Å²) in [7, 11) is 0. The molecular weight excluding hydrogens is 498 g/mol. The smallest absolute Gasteiger partial charge is 0.226 e. The molecule has 0 unspecified atom stereocenters. The van der Waals surface area contributed by atoms with E-state index >= 15 is 0 Å². The Kier molecular flexibility index (Phi) is 9.80. The molecule has 0 aliphatic carbocycles. The van der Waals surface area contributed by atoms with Gasteiger partial charge in [0.05, 0.1) is 0 Å². The lowest BCUT2D eigenvalue weighted by Gasteiger charge is -2.37. The zero-order valence-electron chi connectivity index (χ0n) is 18.0. The van der Waals surface area contributed by atoms with Gasteiger partial charge in [0.25, 0.3) is 0 Å². The Labute approximate surface area is 195 Å². The van der Waals surface area contributed by atoms with E-state index in [9.17, 15) is 4.39 Å². The molecule has 166 valence electrons. The molecule has 1 aliphatic rings. The van der Waals surface area contributed by atoms with Crippen molar-refractivity contribution in [2.24, 2.45) is 4.99 Å². The summed E-state index contributed by atoms with van der Waals surface area (Å²) in [4.78, 5) is 13.8. The van der Waals surface area contributed by atoms with E-state index in [1.807, 2.05) is 12.1 Å². The van der Waals surface area contributed by atoms with Gasteiger partial charge in [-0.3, -0.25) is 4.99 Å². The summed E-state index contributed by atoms with van der Waals surface area (Å²) in [6, 6.07) is 6.71. The minimum atomic E-state index is -0.199. The molecule has 0 atom stereocenters. The summed E-state index contributed by atoms with van der Waals surface area (Å²) in [6.45, 7) is 11.3. The minimum absolute atomic E-state index is 0. The predicted octanol–water partition coefficient (Wildman–Crippen LogP) is 3.67. The molecule has 0 spiro atoms. The van der Waals surface area contributed by atoms with Gasteiger partial charge in [0, 0.05) is 57.3 Å². The molecule has 2 heterocycles. The molecule has 1 saturated heterocycles. The highest BCUT2D eigenvalue weighted by molar-refractivity contribution is 14.0. The van der Waals surface area contributed by atoms with Crippen molar-refractivity contribution in [1.29, 1.82) is 0 Å². The second kappa shape index (κ2) is 12.1. The number of rotatable bonds is 7. The molecule has 1 aromatic heterocycles. The number of benzene rings is 1. The van der Waals surface area contributed by atoms with Gasteiger partial charge in [0.15, 0.2) is 11.8 Å². The van der Waals surface area contributed by atoms with Gasteiger partial charge in [-0.1, -0.05) is 19.0 Å². The number of nitrogens with one attached hydrogen (secondary N) is 1. The molecule has 1 aromatic carbocycles. The van der Waals surface area contributed by atoms with Crippen LogP contribution < -0.4 is 10.2 Å². The van der Waals surface area contributed by atoms with Crippen molar-refractivity contribution < 1.29 is 8.91 Å². The van der Waals surface area contributed by atoms with Gasteiger partial charge in [0.1, 0.15) is 5.82 Å². The molecule has 0 bridgehead atoms. The first-order valence-electron chi connectivity index (χ1n) is 10.4. The van der Waals surface area contributed by atoms with Gasteiger partial charge in [-0.05, 0) is 37.6 Å². The number of guanidine groups is 1. The number of hydrogen-bond acceptors (Lipinski definition) is 5. The fourth-order valence-electron chi connectivity index (χ4n) is 3.27. The van der Waals surface area contributed by atoms with Gasteiger partial charge in [-0.2, -0.15) is 4.98 Å². The van der Waals surface area contributed by atoms with Crippen LogP contribution in [0, 0.1) is 5.82 Å². The third-order valence-electron chi connectivity index (χ3n) is 4.92. The van der Waals surface area contributed by atoms with Crippen LogP contribution in [0.1, 0.15) is 44.8 Å². The fraction of sp³-hybridized carbons (Fsp3) is 0.571. The number of aromatic nitrogens is 2. The van der Waals surface area contributed by atoms with Crippen LogP contribution in [0.4, 0.5) is 10.1 Å². The van der Waals surface area contributed by atoms with Crippen molar-refractivity contribution in [1.82, 2.24) is 20.4 Å². The number of nitrogens with zero attached hydrogens (tertiary/aromatic N) is 5. The van der Waals surface area contributed by atoms with Crippen molar-refractivity contribution in [2.45, 2.75) is 39.5 Å². The van der Waals surface area contributed by atoms with Crippen molar-refractivity contribution >= 4 is 35.6 Å². The van der Waals surface area contributed by atoms with Crippen LogP contribution in [0.3, 0.4) is 0 Å². The molecule has 1 aliphatic heterocycles. The Hall–Kier alpha value is -1.91. The quantitative estimate of drug-likeness (QED) is 0.255. The van der Waals surface area contributed by atoms with Crippen LogP contribution in [0.2, 0.25) is 0 Å². The lowest BCUT2D eigenvalue weighted by Crippen LogP contribution is -2.52. The summed E-state index contributed by atoms with van der Waals surface area (Å²) < 4.78 is 18.4. The third kappa shape index (κ3) is 6.82. The topological polar surface area (TPSA) is 69.8 Å². The highest BCUT2D eigenvalue weighted by Gasteiger charge is 2.20. The average Bonchev–Trinajstić information content (AvgIpc) is 3.20. The van der Waals surface area contributed by atoms with Crippen LogP contribution in [0.15, 0.2) is 33.8 Å². The van der Waals surface area contributed by atoms with E-state index in [-0.39, 0.29) is 35.7 Å². The lowest BCUT2D eigenvalue weighted by molar-refractivity contribution is 0.366. The number of hydrogen-bond donors (Lipinski definition) is 1. The summed E-state index contributed by atoms with van der Waals surface area (Å²) in [5, 5.41) is 7.39. The van der Waals surface area contributed by atoms with E-state index in [1.165, 1.54) is 12.1 Å². The highest BCUT2D eigenvalue weighted by atomic mass is 127. The van der Waals surface area contributed by atoms with Crippen LogP contribution in [-0.4, -0.2) is 60.3 Å². The molecule has 0 amide bonds. The molecule has 2 aromatic rings. The molecule has 9 heteroatoms. The number of anilines is 1. The van der Waals surface area contributed by atoms with Crippen LogP contribution in [-0.2, 0) is 6.42 Å². The molecule has 0 saturated carbocycles. The number of halogens is 2. The molecule has 1 N–H and O–H groups in total. The molecule has 30 heavy (non-hydrogen) atoms. The van der Waals surface area contributed by atoms with E-state index in [0.29, 0.717) is 12.4 Å². The predicted molar refractivity (Wildman–Crippen MR) is 128 cm³/mol. The molecule has 3 rings (SSSR count). The van der Waals surface area contributed by atoms with Gasteiger partial charge in [-0.25, -0.2) is 4.39 Å². The summed E-state index contributed by atoms with van der Waals surface area (Å²) in [6.07, 6.45) is 1.60. The van der Waals surface area contributed by atoms with E-state index in [2.05, 4.69) is 46.0 Å². The normalized spacial score (nSPS) is 14.8. The van der Waals surface area contributed by atoms with Crippen molar-refractivity contribution in [3.05, 3.63) is 41.8 Å². The van der Waals surface area contributed by atoms with Crippen molar-refractivity contribution in [2.75, 3.05) is 44.2 Å². The van der Waals surface area contributed by atoms with E-state index in [4.69, 9.17) is 9.52 Å². The second-order valence-electron chi connectivity index (χ2n) is 7.49. The van der Waals surface area contributed by atoms with Crippen LogP contribution in [0.5, 0.6) is 0 Å². The number of aliphatic imine (C=N–C) groups is 1. The van der Waals surface area contributed by atoms with Crippen molar-refractivity contribution in [3.8, 4) is 0 Å². The molecular formula is C21H32FIN6O. The van der Waals surface area contributed by atoms with Crippen LogP contribution in [0.25, 0.3) is 0 Å². The van der Waals surface area contributed by atoms with E-state index in [0.717, 1.165) is 63.0 Å². The maximum atomic E-state index is 13.1. The van der Waals surface area contributed by atoms with E-state index < -0.39 is 0 Å². The summed E-state index contributed by atoms with van der Waals surface area (Å²) >= 11 is 0. The van der Waals surface area contributed by atoms with Crippen molar-refractivity contribution in [3.63, 3.8) is 0 Å². The first-order valence-corrected chi connectivity index (χ1v) is 10.4. The van der Waals surface area contributed by atoms with Crippen LogP contribution >= 0.6 is 24.0 Å². The maximum Gasteiger partial charge on any atom is 0.226 e. The Morgan fingerprint density at radius 1 is 1.20 bits per heavy atom. The standard InChI is InChI=1S/C21H31FN6O.HI/c1-4-23-21(24-11-5-6-19-25-20(16(2)3)26-29-19)28-14-12-27(13-15-28)18-9-7-17(22)8-10-18;/h7-10,16H,4-6,11-15H2,1-3H3,(H,23,24);1H. The van der Waals surface area contributed by atoms with Gasteiger partial charge in [-0.15, -0.1) is 24.0 Å². The van der Waals surface area contributed by atoms with Gasteiger partial charge >= 0.3 is 0 Å². The Morgan fingerprint density at radius 2 is 1.90 bits per heavy atom. The largest absolute Gasteiger partial charge is 0.368 e. The SMILES string of the molecule is CCNC(=NCCCc1nc(C(C)C)no1)N1CCN(c2ccc(F)cc2)CC1.I. The zero-order chi connectivity index (χ0) is 20.6. The summed E-state index contributed by atoms with van der Waals surface area (Å²) in [5.74, 6) is 2.46. The first-order chi connectivity index (χ1) is 14.1. The van der Waals surface area contributed by atoms with E-state index in [1.54, 1.807) is 0 Å². The Bertz CT molecular complexity index is 787. The number of piperazine rings is 1. The zero-order valence-corrected chi connectivity index (χ0v) is 20.3. The second-order valence-corrected chi connectivity index (χ2v) is 7.49. The first kappa shape index (κ1) is 24.4. The minimum Gasteiger partial charge on any atom is -0.368 e. The third-order valence-corrected chi connectivity index (χ3v) is 4.92. The van der Waals surface area contributed by atoms with Gasteiger partial charge < -0.3 is 19.6 Å². The molecule has 0 radical (unpaired) electrons. The molecule has 1 fully saturated rings.